The Morgan fingerprint density at radius 3 is 2.81 bits per heavy atom. The molecule has 0 N–H and O–H groups in total. The van der Waals surface area contributed by atoms with Gasteiger partial charge in [0, 0.05) is 11.8 Å². The quantitative estimate of drug-likeness (QED) is 0.561. The zero-order chi connectivity index (χ0) is 12.0. The van der Waals surface area contributed by atoms with Crippen molar-refractivity contribution in [2.24, 2.45) is 0 Å². The molecule has 0 aromatic carbocycles. The number of rotatable bonds is 5. The minimum absolute atomic E-state index is 0.00474. The Balaban J connectivity index is 2.59. The Morgan fingerprint density at radius 2 is 2.19 bits per heavy atom. The summed E-state index contributed by atoms with van der Waals surface area (Å²) in [5.74, 6) is -0.357. The predicted molar refractivity (Wildman–Crippen MR) is 61.3 cm³/mol. The summed E-state index contributed by atoms with van der Waals surface area (Å²) in [4.78, 5) is 22.9. The van der Waals surface area contributed by atoms with Crippen molar-refractivity contribution in [2.75, 3.05) is 6.61 Å². The van der Waals surface area contributed by atoms with Crippen molar-refractivity contribution in [3.63, 3.8) is 0 Å². The summed E-state index contributed by atoms with van der Waals surface area (Å²) >= 11 is 0. The molecule has 0 unspecified atom stereocenters. The molecule has 16 heavy (non-hydrogen) atoms. The van der Waals surface area contributed by atoms with Gasteiger partial charge in [0.25, 0.3) is 5.56 Å². The molecule has 0 amide bonds. The highest BCUT2D eigenvalue weighted by molar-refractivity contribution is 5.69. The van der Waals surface area contributed by atoms with Crippen LogP contribution >= 0.6 is 0 Å². The van der Waals surface area contributed by atoms with Crippen molar-refractivity contribution in [3.8, 4) is 0 Å². The standard InChI is InChI=1S/C12H17NO3/c1-3-4-8-16-12(15)9-13-10(2)6-5-7-11(13)14/h5-7H,3-4,8-9H2,1-2H3. The van der Waals surface area contributed by atoms with Gasteiger partial charge < -0.3 is 9.30 Å². The lowest BCUT2D eigenvalue weighted by molar-refractivity contribution is -0.144. The first-order chi connectivity index (χ1) is 7.65. The summed E-state index contributed by atoms with van der Waals surface area (Å²) in [6, 6.07) is 4.91. The van der Waals surface area contributed by atoms with Gasteiger partial charge in [-0.25, -0.2) is 0 Å². The zero-order valence-electron chi connectivity index (χ0n) is 9.73. The number of esters is 1. The second kappa shape index (κ2) is 6.10. The number of ether oxygens (including phenoxy) is 1. The molecule has 0 bridgehead atoms. The van der Waals surface area contributed by atoms with Gasteiger partial charge in [-0.3, -0.25) is 9.59 Å². The third kappa shape index (κ3) is 3.53. The monoisotopic (exact) mass is 223 g/mol. The largest absolute Gasteiger partial charge is 0.464 e. The number of unbranched alkanes of at least 4 members (excludes halogenated alkanes) is 1. The summed E-state index contributed by atoms with van der Waals surface area (Å²) in [7, 11) is 0. The molecule has 88 valence electrons. The van der Waals surface area contributed by atoms with E-state index in [0.29, 0.717) is 6.61 Å². The van der Waals surface area contributed by atoms with E-state index in [4.69, 9.17) is 4.74 Å². The van der Waals surface area contributed by atoms with Crippen LogP contribution in [0.25, 0.3) is 0 Å². The van der Waals surface area contributed by atoms with E-state index < -0.39 is 0 Å². The molecule has 0 radical (unpaired) electrons. The van der Waals surface area contributed by atoms with Gasteiger partial charge in [-0.1, -0.05) is 19.4 Å². The second-order valence-electron chi connectivity index (χ2n) is 3.67. The van der Waals surface area contributed by atoms with Crippen molar-refractivity contribution < 1.29 is 9.53 Å². The zero-order valence-corrected chi connectivity index (χ0v) is 9.73. The first-order valence-electron chi connectivity index (χ1n) is 5.47. The number of aromatic nitrogens is 1. The highest BCUT2D eigenvalue weighted by atomic mass is 16.5. The van der Waals surface area contributed by atoms with Gasteiger partial charge in [-0.2, -0.15) is 0 Å². The average Bonchev–Trinajstić information content (AvgIpc) is 2.24. The Morgan fingerprint density at radius 1 is 1.44 bits per heavy atom. The van der Waals surface area contributed by atoms with Crippen LogP contribution in [-0.4, -0.2) is 17.1 Å². The normalized spacial score (nSPS) is 10.1. The van der Waals surface area contributed by atoms with E-state index in [-0.39, 0.29) is 18.1 Å². The van der Waals surface area contributed by atoms with Crippen LogP contribution in [0, 0.1) is 6.92 Å². The van der Waals surface area contributed by atoms with Gasteiger partial charge in [-0.15, -0.1) is 0 Å². The summed E-state index contributed by atoms with van der Waals surface area (Å²) in [6.07, 6.45) is 1.84. The lowest BCUT2D eigenvalue weighted by atomic mass is 10.3. The average molecular weight is 223 g/mol. The summed E-state index contributed by atoms with van der Waals surface area (Å²) < 4.78 is 6.41. The minimum atomic E-state index is -0.357. The topological polar surface area (TPSA) is 48.3 Å². The summed E-state index contributed by atoms with van der Waals surface area (Å²) in [6.45, 7) is 4.24. The van der Waals surface area contributed by atoms with Crippen molar-refractivity contribution in [1.29, 1.82) is 0 Å². The number of hydrogen-bond donors (Lipinski definition) is 0. The van der Waals surface area contributed by atoms with Gasteiger partial charge in [0.05, 0.1) is 6.61 Å². The number of carbonyl (C=O) groups excluding carboxylic acids is 1. The maximum atomic E-state index is 11.5. The van der Waals surface area contributed by atoms with E-state index >= 15 is 0 Å². The Kier molecular flexibility index (Phi) is 4.76. The molecule has 4 heteroatoms. The van der Waals surface area contributed by atoms with Gasteiger partial charge >= 0.3 is 5.97 Å². The molecule has 0 fully saturated rings. The second-order valence-corrected chi connectivity index (χ2v) is 3.67. The highest BCUT2D eigenvalue weighted by Crippen LogP contribution is 1.95. The van der Waals surface area contributed by atoms with Crippen molar-refractivity contribution in [3.05, 3.63) is 34.2 Å². The van der Waals surface area contributed by atoms with E-state index in [9.17, 15) is 9.59 Å². The molecule has 0 atom stereocenters. The van der Waals surface area contributed by atoms with Crippen LogP contribution < -0.4 is 5.56 Å². The predicted octanol–water partition coefficient (Wildman–Crippen LogP) is 1.50. The number of nitrogens with zero attached hydrogens (tertiary/aromatic N) is 1. The molecule has 1 rings (SSSR count). The maximum absolute atomic E-state index is 11.5. The van der Waals surface area contributed by atoms with Crippen LogP contribution in [0.4, 0.5) is 0 Å². The lowest BCUT2D eigenvalue weighted by Gasteiger charge is -2.08. The van der Waals surface area contributed by atoms with Gasteiger partial charge in [0.1, 0.15) is 6.54 Å². The van der Waals surface area contributed by atoms with Crippen LogP contribution in [-0.2, 0) is 16.1 Å². The fraction of sp³-hybridized carbons (Fsp3) is 0.500. The maximum Gasteiger partial charge on any atom is 0.326 e. The Labute approximate surface area is 94.9 Å². The molecule has 1 aromatic heterocycles. The van der Waals surface area contributed by atoms with Crippen LogP contribution in [0.5, 0.6) is 0 Å². The van der Waals surface area contributed by atoms with E-state index in [1.54, 1.807) is 19.1 Å². The molecular weight excluding hydrogens is 206 g/mol. The molecule has 0 aliphatic heterocycles. The Bertz CT molecular complexity index is 409. The third-order valence-electron chi connectivity index (χ3n) is 2.32. The number of hydrogen-bond acceptors (Lipinski definition) is 3. The molecule has 0 spiro atoms. The van der Waals surface area contributed by atoms with Crippen molar-refractivity contribution in [2.45, 2.75) is 33.2 Å². The molecule has 1 aromatic rings. The van der Waals surface area contributed by atoms with Crippen molar-refractivity contribution in [1.82, 2.24) is 4.57 Å². The van der Waals surface area contributed by atoms with E-state index in [2.05, 4.69) is 0 Å². The molecule has 0 aliphatic rings. The van der Waals surface area contributed by atoms with Gasteiger partial charge in [0.15, 0.2) is 0 Å². The molecule has 4 nitrogen and oxygen atoms in total. The van der Waals surface area contributed by atoms with E-state index in [0.717, 1.165) is 18.5 Å². The molecular formula is C12H17NO3. The first-order valence-corrected chi connectivity index (χ1v) is 5.47. The van der Waals surface area contributed by atoms with Crippen LogP contribution in [0.3, 0.4) is 0 Å². The Hall–Kier alpha value is -1.58. The third-order valence-corrected chi connectivity index (χ3v) is 2.32. The van der Waals surface area contributed by atoms with Crippen LogP contribution in [0.15, 0.2) is 23.0 Å². The van der Waals surface area contributed by atoms with Gasteiger partial charge in [0.2, 0.25) is 0 Å². The fourth-order valence-electron chi connectivity index (χ4n) is 1.33. The number of aryl methyl sites for hydroxylation is 1. The molecule has 0 aliphatic carbocycles. The summed E-state index contributed by atoms with van der Waals surface area (Å²) in [5, 5.41) is 0. The SMILES string of the molecule is CCCCOC(=O)Cn1c(C)cccc1=O. The van der Waals surface area contributed by atoms with E-state index in [1.807, 2.05) is 6.92 Å². The van der Waals surface area contributed by atoms with Gasteiger partial charge in [-0.05, 0) is 19.4 Å². The number of pyridine rings is 1. The van der Waals surface area contributed by atoms with Crippen LogP contribution in [0.2, 0.25) is 0 Å². The fourth-order valence-corrected chi connectivity index (χ4v) is 1.33. The molecule has 0 saturated carbocycles. The first kappa shape index (κ1) is 12.5. The molecule has 1 heterocycles. The van der Waals surface area contributed by atoms with Crippen molar-refractivity contribution >= 4 is 5.97 Å². The number of carbonyl (C=O) groups is 1. The minimum Gasteiger partial charge on any atom is -0.464 e. The summed E-state index contributed by atoms with van der Waals surface area (Å²) in [5.41, 5.74) is 0.590. The van der Waals surface area contributed by atoms with E-state index in [1.165, 1.54) is 10.6 Å². The van der Waals surface area contributed by atoms with Crippen LogP contribution in [0.1, 0.15) is 25.5 Å². The highest BCUT2D eigenvalue weighted by Gasteiger charge is 2.06. The molecule has 0 saturated heterocycles. The smallest absolute Gasteiger partial charge is 0.326 e. The lowest BCUT2D eigenvalue weighted by Crippen LogP contribution is -2.26.